The molecule has 39 heavy (non-hydrogen) atoms. The van der Waals surface area contributed by atoms with E-state index in [0.29, 0.717) is 11.3 Å². The molecule has 202 valence electrons. The summed E-state index contributed by atoms with van der Waals surface area (Å²) in [7, 11) is 0. The Morgan fingerprint density at radius 3 is 2.46 bits per heavy atom. The Bertz CT molecular complexity index is 1440. The van der Waals surface area contributed by atoms with E-state index < -0.39 is 16.1 Å². The fourth-order valence-corrected chi connectivity index (χ4v) is 4.82. The van der Waals surface area contributed by atoms with Crippen molar-refractivity contribution in [2.75, 3.05) is 13.2 Å². The molecule has 10 heteroatoms. The van der Waals surface area contributed by atoms with Crippen LogP contribution in [-0.4, -0.2) is 34.1 Å². The van der Waals surface area contributed by atoms with E-state index in [9.17, 15) is 24.1 Å². The summed E-state index contributed by atoms with van der Waals surface area (Å²) < 4.78 is 25.0. The van der Waals surface area contributed by atoms with E-state index in [1.54, 1.807) is 12.1 Å². The molecule has 2 amide bonds. The summed E-state index contributed by atoms with van der Waals surface area (Å²) in [6.07, 6.45) is 1.41. The Morgan fingerprint density at radius 1 is 1.03 bits per heavy atom. The number of nitro benzene ring substituents is 1. The van der Waals surface area contributed by atoms with Crippen LogP contribution in [0.2, 0.25) is 0 Å². The van der Waals surface area contributed by atoms with Crippen molar-refractivity contribution < 1.29 is 28.4 Å². The smallest absolute Gasteiger partial charge is 0.293 e. The number of carbonyl (C=O) groups excluding carboxylic acids is 2. The number of halogens is 1. The minimum Gasteiger partial charge on any atom is -0.491 e. The second-order valence-corrected chi connectivity index (χ2v) is 10.3. The molecule has 0 N–H and O–H groups in total. The van der Waals surface area contributed by atoms with Gasteiger partial charge in [0.15, 0.2) is 0 Å². The predicted molar refractivity (Wildman–Crippen MR) is 147 cm³/mol. The molecule has 1 saturated heterocycles. The van der Waals surface area contributed by atoms with Gasteiger partial charge in [-0.3, -0.25) is 24.6 Å². The van der Waals surface area contributed by atoms with E-state index >= 15 is 0 Å². The van der Waals surface area contributed by atoms with Crippen LogP contribution in [0.1, 0.15) is 42.0 Å². The van der Waals surface area contributed by atoms with Crippen molar-refractivity contribution in [2.24, 2.45) is 0 Å². The van der Waals surface area contributed by atoms with Gasteiger partial charge in [-0.1, -0.05) is 38.1 Å². The van der Waals surface area contributed by atoms with Crippen LogP contribution >= 0.6 is 11.8 Å². The standard InChI is InChI=1S/C29H27FN2O6S/c1-18(2)24-10-4-19(3)14-26(24)37-13-12-31-28(33)27(39-29(31)34)16-21-15-23(32(35)36)9-11-25(21)38-17-20-5-7-22(30)8-6-20/h4-11,14-16,18H,12-13,17H2,1-3H3/b27-16-. The molecule has 3 aromatic rings. The molecule has 0 saturated carbocycles. The summed E-state index contributed by atoms with van der Waals surface area (Å²) in [4.78, 5) is 37.8. The molecule has 0 bridgehead atoms. The zero-order chi connectivity index (χ0) is 28.1. The van der Waals surface area contributed by atoms with E-state index in [4.69, 9.17) is 9.47 Å². The van der Waals surface area contributed by atoms with Gasteiger partial charge in [0.1, 0.15) is 30.5 Å². The second kappa shape index (κ2) is 12.1. The van der Waals surface area contributed by atoms with Crippen LogP contribution in [-0.2, 0) is 11.4 Å². The van der Waals surface area contributed by atoms with Gasteiger partial charge >= 0.3 is 0 Å². The first-order chi connectivity index (χ1) is 18.6. The maximum absolute atomic E-state index is 13.2. The van der Waals surface area contributed by atoms with Gasteiger partial charge in [-0.25, -0.2) is 4.39 Å². The number of thioether (sulfide) groups is 1. The summed E-state index contributed by atoms with van der Waals surface area (Å²) >= 11 is 0.748. The lowest BCUT2D eigenvalue weighted by atomic mass is 10.0. The van der Waals surface area contributed by atoms with Crippen molar-refractivity contribution in [3.63, 3.8) is 0 Å². The van der Waals surface area contributed by atoms with Gasteiger partial charge in [0.2, 0.25) is 0 Å². The van der Waals surface area contributed by atoms with Crippen LogP contribution in [0.15, 0.2) is 65.6 Å². The number of rotatable bonds is 10. The zero-order valence-electron chi connectivity index (χ0n) is 21.7. The van der Waals surface area contributed by atoms with Crippen LogP contribution in [0.4, 0.5) is 14.9 Å². The lowest BCUT2D eigenvalue weighted by Crippen LogP contribution is -2.32. The van der Waals surface area contributed by atoms with Crippen LogP contribution < -0.4 is 9.47 Å². The molecule has 0 atom stereocenters. The molecule has 0 unspecified atom stereocenters. The molecule has 3 aromatic carbocycles. The van der Waals surface area contributed by atoms with Crippen molar-refractivity contribution in [3.05, 3.63) is 104 Å². The first-order valence-electron chi connectivity index (χ1n) is 12.3. The average Bonchev–Trinajstić information content (AvgIpc) is 3.16. The summed E-state index contributed by atoms with van der Waals surface area (Å²) in [5, 5.41) is 10.9. The molecule has 1 aliphatic heterocycles. The molecule has 0 radical (unpaired) electrons. The van der Waals surface area contributed by atoms with Crippen molar-refractivity contribution in [3.8, 4) is 11.5 Å². The predicted octanol–water partition coefficient (Wildman–Crippen LogP) is 6.86. The highest BCUT2D eigenvalue weighted by atomic mass is 32.2. The highest BCUT2D eigenvalue weighted by Gasteiger charge is 2.35. The Morgan fingerprint density at radius 2 is 1.77 bits per heavy atom. The van der Waals surface area contributed by atoms with Gasteiger partial charge in [0.05, 0.1) is 16.4 Å². The third-order valence-electron chi connectivity index (χ3n) is 6.04. The minimum atomic E-state index is -0.555. The highest BCUT2D eigenvalue weighted by Crippen LogP contribution is 2.35. The molecule has 0 aromatic heterocycles. The molecule has 1 aliphatic rings. The molecule has 0 spiro atoms. The molecule has 1 fully saturated rings. The summed E-state index contributed by atoms with van der Waals surface area (Å²) in [6.45, 7) is 6.33. The number of imide groups is 1. The monoisotopic (exact) mass is 550 g/mol. The first kappa shape index (κ1) is 27.8. The fraction of sp³-hybridized carbons (Fsp3) is 0.241. The fourth-order valence-electron chi connectivity index (χ4n) is 3.96. The number of amides is 2. The van der Waals surface area contributed by atoms with Gasteiger partial charge in [0.25, 0.3) is 16.8 Å². The third kappa shape index (κ3) is 6.83. The van der Waals surface area contributed by atoms with Crippen LogP contribution in [0, 0.1) is 22.9 Å². The maximum Gasteiger partial charge on any atom is 0.293 e. The second-order valence-electron chi connectivity index (χ2n) is 9.27. The lowest BCUT2D eigenvalue weighted by Gasteiger charge is -2.17. The number of aryl methyl sites for hydroxylation is 1. The zero-order valence-corrected chi connectivity index (χ0v) is 22.5. The molecular formula is C29H27FN2O6S. The van der Waals surface area contributed by atoms with Crippen molar-refractivity contribution in [1.82, 2.24) is 4.90 Å². The van der Waals surface area contributed by atoms with Crippen LogP contribution in [0.3, 0.4) is 0 Å². The van der Waals surface area contributed by atoms with E-state index in [0.717, 1.165) is 27.8 Å². The van der Waals surface area contributed by atoms with Crippen LogP contribution in [0.25, 0.3) is 6.08 Å². The van der Waals surface area contributed by atoms with Crippen molar-refractivity contribution in [1.29, 1.82) is 0 Å². The van der Waals surface area contributed by atoms with Gasteiger partial charge in [0, 0.05) is 17.7 Å². The Labute approximate surface area is 229 Å². The van der Waals surface area contributed by atoms with E-state index in [1.165, 1.54) is 36.4 Å². The largest absolute Gasteiger partial charge is 0.491 e. The summed E-state index contributed by atoms with van der Waals surface area (Å²) in [5.41, 5.74) is 2.85. The average molecular weight is 551 g/mol. The topological polar surface area (TPSA) is 99.0 Å². The SMILES string of the molecule is Cc1ccc(C(C)C)c(OCCN2C(=O)S/C(=C\c3cc([N+](=O)[O-])ccc3OCc3ccc(F)cc3)C2=O)c1. The van der Waals surface area contributed by atoms with Gasteiger partial charge in [-0.15, -0.1) is 0 Å². The Kier molecular flexibility index (Phi) is 8.65. The van der Waals surface area contributed by atoms with Gasteiger partial charge in [-0.2, -0.15) is 0 Å². The number of ether oxygens (including phenoxy) is 2. The number of non-ortho nitro benzene ring substituents is 1. The van der Waals surface area contributed by atoms with Crippen molar-refractivity contribution in [2.45, 2.75) is 33.3 Å². The van der Waals surface area contributed by atoms with Crippen LogP contribution in [0.5, 0.6) is 11.5 Å². The normalized spacial score (nSPS) is 14.4. The van der Waals surface area contributed by atoms with Gasteiger partial charge < -0.3 is 9.47 Å². The Hall–Kier alpha value is -4.18. The van der Waals surface area contributed by atoms with E-state index in [1.807, 2.05) is 25.1 Å². The number of benzene rings is 3. The number of carbonyl (C=O) groups is 2. The number of nitro groups is 1. The number of nitrogens with zero attached hydrogens (tertiary/aromatic N) is 2. The highest BCUT2D eigenvalue weighted by molar-refractivity contribution is 8.18. The first-order valence-corrected chi connectivity index (χ1v) is 13.1. The van der Waals surface area contributed by atoms with Gasteiger partial charge in [-0.05, 0) is 71.6 Å². The Balaban J connectivity index is 1.50. The molecular weight excluding hydrogens is 523 g/mol. The maximum atomic E-state index is 13.2. The summed E-state index contributed by atoms with van der Waals surface area (Å²) in [6, 6.07) is 15.7. The third-order valence-corrected chi connectivity index (χ3v) is 6.94. The molecule has 4 rings (SSSR count). The lowest BCUT2D eigenvalue weighted by molar-refractivity contribution is -0.384. The molecule has 1 heterocycles. The quantitative estimate of drug-likeness (QED) is 0.154. The molecule has 8 nitrogen and oxygen atoms in total. The van der Waals surface area contributed by atoms with E-state index in [-0.39, 0.29) is 53.4 Å². The minimum absolute atomic E-state index is 0.0519. The van der Waals surface area contributed by atoms with Crippen molar-refractivity contribution >= 4 is 34.7 Å². The summed E-state index contributed by atoms with van der Waals surface area (Å²) in [5.74, 6) is 0.343. The number of hydrogen-bond donors (Lipinski definition) is 0. The number of hydrogen-bond acceptors (Lipinski definition) is 7. The van der Waals surface area contributed by atoms with E-state index in [2.05, 4.69) is 13.8 Å². The molecule has 0 aliphatic carbocycles.